The fourth-order valence-electron chi connectivity index (χ4n) is 4.35. The van der Waals surface area contributed by atoms with Gasteiger partial charge in [0.25, 0.3) is 0 Å². The molecule has 8 heteroatoms. The van der Waals surface area contributed by atoms with Crippen LogP contribution >= 0.6 is 0 Å². The molecule has 0 atom stereocenters. The molecule has 0 saturated carbocycles. The molecule has 0 radical (unpaired) electrons. The SMILES string of the molecule is Cc1nc2ccccc2n1CC1CCN(S(=O)(=O)c2ccc3c(c2)OCCO3)CC1. The Bertz CT molecular complexity index is 1180. The van der Waals surface area contributed by atoms with Crippen LogP contribution in [0, 0.1) is 12.8 Å². The van der Waals surface area contributed by atoms with E-state index in [0.29, 0.717) is 43.7 Å². The van der Waals surface area contributed by atoms with E-state index in [1.807, 2.05) is 25.1 Å². The molecule has 0 spiro atoms. The lowest BCUT2D eigenvalue weighted by atomic mass is 9.98. The minimum absolute atomic E-state index is 0.265. The zero-order chi connectivity index (χ0) is 20.7. The van der Waals surface area contributed by atoms with Crippen molar-refractivity contribution < 1.29 is 17.9 Å². The molecule has 5 rings (SSSR count). The summed E-state index contributed by atoms with van der Waals surface area (Å²) >= 11 is 0. The molecule has 0 aliphatic carbocycles. The summed E-state index contributed by atoms with van der Waals surface area (Å²) in [6, 6.07) is 13.0. The zero-order valence-corrected chi connectivity index (χ0v) is 17.8. The number of benzene rings is 2. The molecule has 0 N–H and O–H groups in total. The average molecular weight is 428 g/mol. The Labute approximate surface area is 176 Å². The van der Waals surface area contributed by atoms with Crippen LogP contribution in [0.5, 0.6) is 11.5 Å². The third-order valence-electron chi connectivity index (χ3n) is 6.01. The van der Waals surface area contributed by atoms with E-state index in [9.17, 15) is 8.42 Å². The highest BCUT2D eigenvalue weighted by Crippen LogP contribution is 2.34. The number of ether oxygens (including phenoxy) is 2. The second-order valence-electron chi connectivity index (χ2n) is 7.91. The smallest absolute Gasteiger partial charge is 0.243 e. The van der Waals surface area contributed by atoms with Gasteiger partial charge in [0.15, 0.2) is 11.5 Å². The van der Waals surface area contributed by atoms with Gasteiger partial charge in [0.05, 0.1) is 15.9 Å². The van der Waals surface area contributed by atoms with E-state index in [2.05, 4.69) is 15.6 Å². The van der Waals surface area contributed by atoms with E-state index in [1.54, 1.807) is 22.5 Å². The lowest BCUT2D eigenvalue weighted by Crippen LogP contribution is -2.39. The Hall–Kier alpha value is -2.58. The first-order valence-electron chi connectivity index (χ1n) is 10.3. The number of nitrogens with zero attached hydrogens (tertiary/aromatic N) is 3. The van der Waals surface area contributed by atoms with Crippen molar-refractivity contribution in [1.82, 2.24) is 13.9 Å². The van der Waals surface area contributed by atoms with Crippen molar-refractivity contribution in [1.29, 1.82) is 0 Å². The molecule has 1 fully saturated rings. The maximum absolute atomic E-state index is 13.1. The van der Waals surface area contributed by atoms with Crippen LogP contribution < -0.4 is 9.47 Å². The highest BCUT2D eigenvalue weighted by molar-refractivity contribution is 7.89. The van der Waals surface area contributed by atoms with Crippen molar-refractivity contribution in [3.63, 3.8) is 0 Å². The van der Waals surface area contributed by atoms with Gasteiger partial charge >= 0.3 is 0 Å². The number of aryl methyl sites for hydroxylation is 1. The largest absolute Gasteiger partial charge is 0.486 e. The molecular weight excluding hydrogens is 402 g/mol. The summed E-state index contributed by atoms with van der Waals surface area (Å²) < 4.78 is 41.2. The predicted molar refractivity (Wildman–Crippen MR) is 113 cm³/mol. The van der Waals surface area contributed by atoms with Gasteiger partial charge in [-0.2, -0.15) is 4.31 Å². The second kappa shape index (κ2) is 7.59. The topological polar surface area (TPSA) is 73.7 Å². The molecule has 0 unspecified atom stereocenters. The molecule has 2 aliphatic heterocycles. The van der Waals surface area contributed by atoms with E-state index in [0.717, 1.165) is 36.2 Å². The number of para-hydroxylation sites is 2. The molecule has 30 heavy (non-hydrogen) atoms. The predicted octanol–water partition coefficient (Wildman–Crippen LogP) is 3.22. The van der Waals surface area contributed by atoms with Crippen molar-refractivity contribution in [3.8, 4) is 11.5 Å². The van der Waals surface area contributed by atoms with Crippen LogP contribution in [0.2, 0.25) is 0 Å². The fraction of sp³-hybridized carbons (Fsp3) is 0.409. The molecule has 2 aliphatic rings. The van der Waals surface area contributed by atoms with Crippen LogP contribution in [0.3, 0.4) is 0 Å². The lowest BCUT2D eigenvalue weighted by Gasteiger charge is -2.32. The lowest BCUT2D eigenvalue weighted by molar-refractivity contribution is 0.171. The Balaban J connectivity index is 1.29. The quantitative estimate of drug-likeness (QED) is 0.639. The molecule has 7 nitrogen and oxygen atoms in total. The molecule has 3 heterocycles. The molecule has 1 saturated heterocycles. The fourth-order valence-corrected chi connectivity index (χ4v) is 5.84. The molecule has 2 aromatic carbocycles. The molecular formula is C22H25N3O4S. The van der Waals surface area contributed by atoms with Crippen LogP contribution in [-0.2, 0) is 16.6 Å². The van der Waals surface area contributed by atoms with Gasteiger partial charge in [-0.15, -0.1) is 0 Å². The molecule has 0 bridgehead atoms. The summed E-state index contributed by atoms with van der Waals surface area (Å²) in [5, 5.41) is 0. The minimum Gasteiger partial charge on any atom is -0.486 e. The van der Waals surface area contributed by atoms with Gasteiger partial charge in [-0.3, -0.25) is 0 Å². The first-order chi connectivity index (χ1) is 14.5. The van der Waals surface area contributed by atoms with Crippen LogP contribution in [-0.4, -0.2) is 48.6 Å². The van der Waals surface area contributed by atoms with Gasteiger partial charge in [-0.05, 0) is 49.9 Å². The monoisotopic (exact) mass is 427 g/mol. The number of aromatic nitrogens is 2. The van der Waals surface area contributed by atoms with E-state index < -0.39 is 10.0 Å². The summed E-state index contributed by atoms with van der Waals surface area (Å²) in [7, 11) is -3.55. The van der Waals surface area contributed by atoms with Gasteiger partial charge in [0, 0.05) is 25.7 Å². The number of sulfonamides is 1. The molecule has 0 amide bonds. The van der Waals surface area contributed by atoms with Crippen molar-refractivity contribution in [2.24, 2.45) is 5.92 Å². The molecule has 3 aromatic rings. The number of piperidine rings is 1. The van der Waals surface area contributed by atoms with Crippen molar-refractivity contribution in [2.75, 3.05) is 26.3 Å². The Morgan fingerprint density at radius 2 is 1.77 bits per heavy atom. The third kappa shape index (κ3) is 3.44. The van der Waals surface area contributed by atoms with Gasteiger partial charge in [0.2, 0.25) is 10.0 Å². The number of rotatable bonds is 4. The average Bonchev–Trinajstić information content (AvgIpc) is 3.09. The van der Waals surface area contributed by atoms with Crippen molar-refractivity contribution in [2.45, 2.75) is 31.2 Å². The standard InChI is InChI=1S/C22H25N3O4S/c1-16-23-19-4-2-3-5-20(19)25(16)15-17-8-10-24(11-9-17)30(26,27)18-6-7-21-22(14-18)29-13-12-28-21/h2-7,14,17H,8-13,15H2,1H3. The van der Waals surface area contributed by atoms with E-state index in [4.69, 9.17) is 9.47 Å². The zero-order valence-electron chi connectivity index (χ0n) is 17.0. The molecule has 158 valence electrons. The maximum Gasteiger partial charge on any atom is 0.243 e. The number of hydrogen-bond donors (Lipinski definition) is 0. The minimum atomic E-state index is -3.55. The summed E-state index contributed by atoms with van der Waals surface area (Å²) in [4.78, 5) is 4.91. The Morgan fingerprint density at radius 3 is 2.57 bits per heavy atom. The highest BCUT2D eigenvalue weighted by Gasteiger charge is 2.31. The van der Waals surface area contributed by atoms with E-state index in [1.165, 1.54) is 0 Å². The maximum atomic E-state index is 13.1. The van der Waals surface area contributed by atoms with Crippen LogP contribution in [0.25, 0.3) is 11.0 Å². The Morgan fingerprint density at radius 1 is 1.03 bits per heavy atom. The summed E-state index contributed by atoms with van der Waals surface area (Å²) in [5.74, 6) is 2.53. The van der Waals surface area contributed by atoms with Crippen LogP contribution in [0.15, 0.2) is 47.4 Å². The van der Waals surface area contributed by atoms with E-state index >= 15 is 0 Å². The van der Waals surface area contributed by atoms with Gasteiger partial charge in [-0.25, -0.2) is 13.4 Å². The first kappa shape index (κ1) is 19.4. The second-order valence-corrected chi connectivity index (χ2v) is 9.85. The summed E-state index contributed by atoms with van der Waals surface area (Å²) in [5.41, 5.74) is 2.15. The van der Waals surface area contributed by atoms with Gasteiger partial charge in [0.1, 0.15) is 19.0 Å². The number of fused-ring (bicyclic) bond motifs is 2. The van der Waals surface area contributed by atoms with Crippen LogP contribution in [0.4, 0.5) is 0 Å². The number of imidazole rings is 1. The van der Waals surface area contributed by atoms with Gasteiger partial charge < -0.3 is 14.0 Å². The first-order valence-corrected chi connectivity index (χ1v) is 11.8. The van der Waals surface area contributed by atoms with E-state index in [-0.39, 0.29) is 4.90 Å². The van der Waals surface area contributed by atoms with Gasteiger partial charge in [-0.1, -0.05) is 12.1 Å². The highest BCUT2D eigenvalue weighted by atomic mass is 32.2. The van der Waals surface area contributed by atoms with Crippen molar-refractivity contribution in [3.05, 3.63) is 48.3 Å². The summed E-state index contributed by atoms with van der Waals surface area (Å²) in [6.07, 6.45) is 1.66. The van der Waals surface area contributed by atoms with Crippen LogP contribution in [0.1, 0.15) is 18.7 Å². The molecule has 1 aromatic heterocycles. The normalized spacial score (nSPS) is 18.0. The Kier molecular flexibility index (Phi) is 4.91. The summed E-state index contributed by atoms with van der Waals surface area (Å²) in [6.45, 7) is 4.86. The third-order valence-corrected chi connectivity index (χ3v) is 7.91. The van der Waals surface area contributed by atoms with Crippen molar-refractivity contribution >= 4 is 21.1 Å². The number of hydrogen-bond acceptors (Lipinski definition) is 5.